The Morgan fingerprint density at radius 2 is 2.14 bits per heavy atom. The number of nitrogens with zero attached hydrogens (tertiary/aromatic N) is 3. The zero-order valence-corrected chi connectivity index (χ0v) is 12.4. The number of carbonyl (C=O) groups is 2. The molecule has 5 nitrogen and oxygen atoms in total. The second-order valence-corrected chi connectivity index (χ2v) is 6.11. The predicted molar refractivity (Wildman–Crippen MR) is 78.4 cm³/mol. The minimum Gasteiger partial charge on any atom is -0.341 e. The summed E-state index contributed by atoms with van der Waals surface area (Å²) in [5.41, 5.74) is 0.950. The van der Waals surface area contributed by atoms with Gasteiger partial charge in [0.1, 0.15) is 0 Å². The van der Waals surface area contributed by atoms with Crippen molar-refractivity contribution in [2.45, 2.75) is 32.2 Å². The zero-order chi connectivity index (χ0) is 14.8. The Kier molecular flexibility index (Phi) is 3.90. The van der Waals surface area contributed by atoms with Gasteiger partial charge in [-0.2, -0.15) is 0 Å². The molecule has 3 aliphatic rings. The molecule has 0 radical (unpaired) electrons. The van der Waals surface area contributed by atoms with Gasteiger partial charge in [0.2, 0.25) is 11.8 Å². The van der Waals surface area contributed by atoms with Gasteiger partial charge in [0, 0.05) is 45.0 Å². The maximum atomic E-state index is 12.6. The van der Waals surface area contributed by atoms with Crippen LogP contribution in [0, 0.1) is 5.92 Å². The number of pyridine rings is 1. The molecule has 4 heterocycles. The fourth-order valence-corrected chi connectivity index (χ4v) is 3.42. The molecule has 4 rings (SSSR count). The first-order valence-electron chi connectivity index (χ1n) is 7.57. The van der Waals surface area contributed by atoms with E-state index < -0.39 is 0 Å². The molecule has 3 saturated heterocycles. The van der Waals surface area contributed by atoms with Crippen LogP contribution in [0.1, 0.15) is 25.3 Å². The van der Waals surface area contributed by atoms with Gasteiger partial charge >= 0.3 is 0 Å². The highest BCUT2D eigenvalue weighted by molar-refractivity contribution is 5.79. The summed E-state index contributed by atoms with van der Waals surface area (Å²) in [4.78, 5) is 32.2. The molecule has 1 aromatic heterocycles. The van der Waals surface area contributed by atoms with E-state index >= 15 is 0 Å². The Morgan fingerprint density at radius 3 is 2.86 bits per heavy atom. The molecular formula is C16H21N3O2. The van der Waals surface area contributed by atoms with Crippen LogP contribution in [0.5, 0.6) is 0 Å². The van der Waals surface area contributed by atoms with Gasteiger partial charge < -0.3 is 9.80 Å². The molecule has 2 bridgehead atoms. The molecular weight excluding hydrogens is 266 g/mol. The summed E-state index contributed by atoms with van der Waals surface area (Å²) in [7, 11) is 0. The van der Waals surface area contributed by atoms with Crippen LogP contribution in [0.2, 0.25) is 0 Å². The van der Waals surface area contributed by atoms with Crippen molar-refractivity contribution in [3.05, 3.63) is 30.1 Å². The van der Waals surface area contributed by atoms with E-state index in [1.165, 1.54) is 0 Å². The van der Waals surface area contributed by atoms with Crippen LogP contribution < -0.4 is 0 Å². The lowest BCUT2D eigenvalue weighted by Crippen LogP contribution is -2.48. The fraction of sp³-hybridized carbons (Fsp3) is 0.562. The average Bonchev–Trinajstić information content (AvgIpc) is 2.80. The predicted octanol–water partition coefficient (Wildman–Crippen LogP) is 1.09. The molecule has 112 valence electrons. The molecule has 0 N–H and O–H groups in total. The minimum absolute atomic E-state index is 0.119. The summed E-state index contributed by atoms with van der Waals surface area (Å²) in [6.45, 7) is 3.88. The average molecular weight is 287 g/mol. The number of piperidine rings is 1. The summed E-state index contributed by atoms with van der Waals surface area (Å²) in [5.74, 6) is 0.696. The normalized spacial score (nSPS) is 24.8. The molecule has 2 atom stereocenters. The van der Waals surface area contributed by atoms with Crippen molar-refractivity contribution >= 4 is 11.8 Å². The lowest BCUT2D eigenvalue weighted by molar-refractivity contribution is -0.135. The highest BCUT2D eigenvalue weighted by atomic mass is 16.2. The standard InChI is InChI=1S/C16H21N3O2/c1-12(20)18-9-14-4-5-15(11-18)19(10-14)16(21)7-13-3-2-6-17-8-13/h2-3,6,8,14-15H,4-5,7,9-11H2,1H3/t14-,15+/m0/s1. The van der Waals surface area contributed by atoms with Gasteiger partial charge in [-0.3, -0.25) is 14.6 Å². The third-order valence-corrected chi connectivity index (χ3v) is 4.56. The van der Waals surface area contributed by atoms with Gasteiger partial charge in [-0.1, -0.05) is 6.07 Å². The van der Waals surface area contributed by atoms with Crippen LogP contribution in [-0.4, -0.2) is 52.3 Å². The number of aromatic nitrogens is 1. The zero-order valence-electron chi connectivity index (χ0n) is 12.4. The van der Waals surface area contributed by atoms with Crippen LogP contribution in [-0.2, 0) is 16.0 Å². The van der Waals surface area contributed by atoms with E-state index in [9.17, 15) is 9.59 Å². The quantitative estimate of drug-likeness (QED) is 0.818. The van der Waals surface area contributed by atoms with Crippen LogP contribution >= 0.6 is 0 Å². The van der Waals surface area contributed by atoms with Crippen LogP contribution in [0.15, 0.2) is 24.5 Å². The Bertz CT molecular complexity index is 532. The van der Waals surface area contributed by atoms with Crippen molar-refractivity contribution in [1.29, 1.82) is 0 Å². The Morgan fingerprint density at radius 1 is 1.29 bits per heavy atom. The van der Waals surface area contributed by atoms with E-state index in [4.69, 9.17) is 0 Å². The molecule has 0 unspecified atom stereocenters. The first kappa shape index (κ1) is 14.0. The van der Waals surface area contributed by atoms with Crippen molar-refractivity contribution in [1.82, 2.24) is 14.8 Å². The minimum atomic E-state index is 0.119. The van der Waals surface area contributed by atoms with E-state index in [0.717, 1.165) is 31.5 Å². The topological polar surface area (TPSA) is 53.5 Å². The SMILES string of the molecule is CC(=O)N1C[C@@H]2CC[C@H](C1)N(C(=O)Cc1cccnc1)C2. The van der Waals surface area contributed by atoms with E-state index in [1.807, 2.05) is 21.9 Å². The molecule has 0 aliphatic carbocycles. The third kappa shape index (κ3) is 3.06. The summed E-state index contributed by atoms with van der Waals surface area (Å²) in [6.07, 6.45) is 5.98. The van der Waals surface area contributed by atoms with Gasteiger partial charge in [-0.25, -0.2) is 0 Å². The molecule has 3 fully saturated rings. The lowest BCUT2D eigenvalue weighted by atomic mass is 9.94. The van der Waals surface area contributed by atoms with Crippen molar-refractivity contribution in [2.24, 2.45) is 5.92 Å². The number of rotatable bonds is 2. The molecule has 0 aromatic carbocycles. The van der Waals surface area contributed by atoms with E-state index in [0.29, 0.717) is 18.9 Å². The van der Waals surface area contributed by atoms with E-state index in [2.05, 4.69) is 4.98 Å². The molecule has 2 amide bonds. The summed E-state index contributed by atoms with van der Waals surface area (Å²) in [6, 6.07) is 3.97. The van der Waals surface area contributed by atoms with Crippen molar-refractivity contribution < 1.29 is 9.59 Å². The van der Waals surface area contributed by atoms with Gasteiger partial charge in [0.25, 0.3) is 0 Å². The second-order valence-electron chi connectivity index (χ2n) is 6.11. The highest BCUT2D eigenvalue weighted by Crippen LogP contribution is 2.28. The van der Waals surface area contributed by atoms with Gasteiger partial charge in [-0.15, -0.1) is 0 Å². The van der Waals surface area contributed by atoms with E-state index in [-0.39, 0.29) is 17.9 Å². The summed E-state index contributed by atoms with van der Waals surface area (Å²) in [5, 5.41) is 0. The first-order valence-corrected chi connectivity index (χ1v) is 7.57. The monoisotopic (exact) mass is 287 g/mol. The largest absolute Gasteiger partial charge is 0.341 e. The molecule has 1 aromatic rings. The van der Waals surface area contributed by atoms with Crippen LogP contribution in [0.4, 0.5) is 0 Å². The molecule has 21 heavy (non-hydrogen) atoms. The Labute approximate surface area is 124 Å². The molecule has 5 heteroatoms. The van der Waals surface area contributed by atoms with Crippen LogP contribution in [0.25, 0.3) is 0 Å². The smallest absolute Gasteiger partial charge is 0.227 e. The highest BCUT2D eigenvalue weighted by Gasteiger charge is 2.37. The molecule has 3 aliphatic heterocycles. The number of fused-ring (bicyclic) bond motifs is 4. The fourth-order valence-electron chi connectivity index (χ4n) is 3.42. The van der Waals surface area contributed by atoms with Crippen molar-refractivity contribution in [3.8, 4) is 0 Å². The van der Waals surface area contributed by atoms with Crippen molar-refractivity contribution in [3.63, 3.8) is 0 Å². The van der Waals surface area contributed by atoms with E-state index in [1.54, 1.807) is 19.3 Å². The summed E-state index contributed by atoms with van der Waals surface area (Å²) < 4.78 is 0. The lowest BCUT2D eigenvalue weighted by Gasteiger charge is -2.36. The number of carbonyl (C=O) groups excluding carboxylic acids is 2. The van der Waals surface area contributed by atoms with Gasteiger partial charge in [-0.05, 0) is 30.4 Å². The van der Waals surface area contributed by atoms with Crippen LogP contribution in [0.3, 0.4) is 0 Å². The van der Waals surface area contributed by atoms with Crippen molar-refractivity contribution in [2.75, 3.05) is 19.6 Å². The van der Waals surface area contributed by atoms with Gasteiger partial charge in [0.15, 0.2) is 0 Å². The number of hydrogen-bond acceptors (Lipinski definition) is 3. The first-order chi connectivity index (χ1) is 10.1. The third-order valence-electron chi connectivity index (χ3n) is 4.56. The maximum Gasteiger partial charge on any atom is 0.227 e. The second kappa shape index (κ2) is 5.84. The summed E-state index contributed by atoms with van der Waals surface area (Å²) >= 11 is 0. The maximum absolute atomic E-state index is 12.6. The number of amides is 2. The molecule has 0 spiro atoms. The Hall–Kier alpha value is -1.91. The van der Waals surface area contributed by atoms with Gasteiger partial charge in [0.05, 0.1) is 6.42 Å². The number of hydrogen-bond donors (Lipinski definition) is 0. The molecule has 0 saturated carbocycles. The Balaban J connectivity index is 1.71.